The standard InChI is InChI=1S/C17H19BrO/c1-17(19,15-9-11-16(18)12-10-15)13-5-8-14-6-3-2-4-7-14/h2-4,6-7,9-12,19H,5,8,13H2,1H3/t17-/m1/s1. The van der Waals surface area contributed by atoms with Gasteiger partial charge in [-0.25, -0.2) is 0 Å². The number of aliphatic hydroxyl groups is 1. The number of rotatable bonds is 5. The molecule has 0 aliphatic carbocycles. The van der Waals surface area contributed by atoms with Crippen molar-refractivity contribution >= 4 is 15.9 Å². The Morgan fingerprint density at radius 2 is 1.63 bits per heavy atom. The minimum atomic E-state index is -0.754. The third-order valence-electron chi connectivity index (χ3n) is 3.44. The second-order valence-corrected chi connectivity index (χ2v) is 6.04. The summed E-state index contributed by atoms with van der Waals surface area (Å²) in [6, 6.07) is 18.3. The Kier molecular flexibility index (Phi) is 4.78. The van der Waals surface area contributed by atoms with Crippen molar-refractivity contribution in [1.29, 1.82) is 0 Å². The summed E-state index contributed by atoms with van der Waals surface area (Å²) in [6.45, 7) is 1.89. The molecule has 0 bridgehead atoms. The van der Waals surface area contributed by atoms with Crippen molar-refractivity contribution in [3.8, 4) is 0 Å². The molecule has 0 aliphatic rings. The number of hydrogen-bond donors (Lipinski definition) is 1. The predicted octanol–water partition coefficient (Wildman–Crippen LogP) is 4.68. The first-order valence-corrected chi connectivity index (χ1v) is 7.39. The first-order valence-electron chi connectivity index (χ1n) is 6.60. The maximum atomic E-state index is 10.5. The molecule has 1 N–H and O–H groups in total. The van der Waals surface area contributed by atoms with E-state index in [9.17, 15) is 5.11 Å². The Morgan fingerprint density at radius 1 is 1.00 bits per heavy atom. The van der Waals surface area contributed by atoms with Crippen molar-refractivity contribution in [3.63, 3.8) is 0 Å². The monoisotopic (exact) mass is 318 g/mol. The van der Waals surface area contributed by atoms with Gasteiger partial charge in [-0.3, -0.25) is 0 Å². The SMILES string of the molecule is C[C@@](O)(CCCc1ccccc1)c1ccc(Br)cc1. The Balaban J connectivity index is 1.92. The van der Waals surface area contributed by atoms with Gasteiger partial charge in [-0.05, 0) is 49.4 Å². The lowest BCUT2D eigenvalue weighted by Crippen LogP contribution is -2.21. The van der Waals surface area contributed by atoms with Crippen LogP contribution in [0.15, 0.2) is 59.1 Å². The summed E-state index contributed by atoms with van der Waals surface area (Å²) >= 11 is 3.41. The van der Waals surface area contributed by atoms with Crippen LogP contribution in [0.2, 0.25) is 0 Å². The zero-order chi connectivity index (χ0) is 13.7. The molecule has 19 heavy (non-hydrogen) atoms. The van der Waals surface area contributed by atoms with Crippen molar-refractivity contribution in [2.24, 2.45) is 0 Å². The molecule has 2 heteroatoms. The molecule has 2 aromatic rings. The van der Waals surface area contributed by atoms with Gasteiger partial charge in [0.2, 0.25) is 0 Å². The third kappa shape index (κ3) is 4.19. The Hall–Kier alpha value is -1.12. The van der Waals surface area contributed by atoms with Crippen molar-refractivity contribution in [3.05, 3.63) is 70.2 Å². The Labute approximate surface area is 123 Å². The fourth-order valence-electron chi connectivity index (χ4n) is 2.23. The Morgan fingerprint density at radius 3 is 2.26 bits per heavy atom. The van der Waals surface area contributed by atoms with Gasteiger partial charge in [-0.1, -0.05) is 58.4 Å². The number of halogens is 1. The van der Waals surface area contributed by atoms with Gasteiger partial charge in [-0.2, -0.15) is 0 Å². The third-order valence-corrected chi connectivity index (χ3v) is 3.97. The van der Waals surface area contributed by atoms with E-state index in [4.69, 9.17) is 0 Å². The summed E-state index contributed by atoms with van der Waals surface area (Å²) in [6.07, 6.45) is 2.75. The van der Waals surface area contributed by atoms with Crippen LogP contribution in [0.1, 0.15) is 30.9 Å². The van der Waals surface area contributed by atoms with E-state index in [1.54, 1.807) is 0 Å². The maximum Gasteiger partial charge on any atom is 0.0868 e. The highest BCUT2D eigenvalue weighted by Gasteiger charge is 2.22. The van der Waals surface area contributed by atoms with E-state index in [2.05, 4.69) is 40.2 Å². The predicted molar refractivity (Wildman–Crippen MR) is 83.1 cm³/mol. The molecule has 0 heterocycles. The summed E-state index contributed by atoms with van der Waals surface area (Å²) in [7, 11) is 0. The van der Waals surface area contributed by atoms with Gasteiger partial charge in [0.1, 0.15) is 0 Å². The van der Waals surface area contributed by atoms with Crippen LogP contribution in [-0.4, -0.2) is 5.11 Å². The molecule has 100 valence electrons. The van der Waals surface area contributed by atoms with Crippen LogP contribution in [-0.2, 0) is 12.0 Å². The summed E-state index contributed by atoms with van der Waals surface area (Å²) in [5.41, 5.74) is 1.55. The molecule has 0 fully saturated rings. The van der Waals surface area contributed by atoms with Gasteiger partial charge in [0, 0.05) is 4.47 Å². The molecule has 1 nitrogen and oxygen atoms in total. The highest BCUT2D eigenvalue weighted by molar-refractivity contribution is 9.10. The first-order chi connectivity index (χ1) is 9.08. The second-order valence-electron chi connectivity index (χ2n) is 5.12. The fraction of sp³-hybridized carbons (Fsp3) is 0.294. The Bertz CT molecular complexity index is 503. The molecule has 0 aromatic heterocycles. The zero-order valence-corrected chi connectivity index (χ0v) is 12.7. The quantitative estimate of drug-likeness (QED) is 0.848. The molecule has 0 spiro atoms. The largest absolute Gasteiger partial charge is 0.385 e. The van der Waals surface area contributed by atoms with E-state index in [1.165, 1.54) is 5.56 Å². The minimum absolute atomic E-state index is 0.754. The highest BCUT2D eigenvalue weighted by atomic mass is 79.9. The van der Waals surface area contributed by atoms with Gasteiger partial charge in [-0.15, -0.1) is 0 Å². The molecular weight excluding hydrogens is 300 g/mol. The molecule has 0 unspecified atom stereocenters. The normalized spacial score (nSPS) is 14.1. The van der Waals surface area contributed by atoms with Crippen molar-refractivity contribution in [1.82, 2.24) is 0 Å². The molecule has 2 aromatic carbocycles. The highest BCUT2D eigenvalue weighted by Crippen LogP contribution is 2.27. The molecule has 2 rings (SSSR count). The maximum absolute atomic E-state index is 10.5. The van der Waals surface area contributed by atoms with Crippen molar-refractivity contribution in [2.45, 2.75) is 31.8 Å². The van der Waals surface area contributed by atoms with Crippen LogP contribution in [0, 0.1) is 0 Å². The van der Waals surface area contributed by atoms with E-state index in [0.717, 1.165) is 29.3 Å². The van der Waals surface area contributed by atoms with Gasteiger partial charge < -0.3 is 5.11 Å². The molecule has 1 atom stereocenters. The molecular formula is C17H19BrO. The topological polar surface area (TPSA) is 20.2 Å². The van der Waals surface area contributed by atoms with Crippen molar-refractivity contribution in [2.75, 3.05) is 0 Å². The average molecular weight is 319 g/mol. The van der Waals surface area contributed by atoms with Crippen LogP contribution in [0.5, 0.6) is 0 Å². The van der Waals surface area contributed by atoms with Crippen LogP contribution in [0.25, 0.3) is 0 Å². The van der Waals surface area contributed by atoms with E-state index >= 15 is 0 Å². The molecule has 0 radical (unpaired) electrons. The second kappa shape index (κ2) is 6.36. The van der Waals surface area contributed by atoms with Crippen LogP contribution < -0.4 is 0 Å². The van der Waals surface area contributed by atoms with E-state index in [1.807, 2.05) is 37.3 Å². The molecule has 0 saturated carbocycles. The van der Waals surface area contributed by atoms with Crippen LogP contribution >= 0.6 is 15.9 Å². The average Bonchev–Trinajstić information content (AvgIpc) is 2.40. The van der Waals surface area contributed by atoms with Gasteiger partial charge in [0.05, 0.1) is 5.60 Å². The van der Waals surface area contributed by atoms with E-state index in [0.29, 0.717) is 0 Å². The number of hydrogen-bond acceptors (Lipinski definition) is 1. The summed E-state index contributed by atoms with van der Waals surface area (Å²) in [5, 5.41) is 10.5. The first kappa shape index (κ1) is 14.3. The summed E-state index contributed by atoms with van der Waals surface area (Å²) < 4.78 is 1.04. The van der Waals surface area contributed by atoms with E-state index in [-0.39, 0.29) is 0 Å². The van der Waals surface area contributed by atoms with Gasteiger partial charge >= 0.3 is 0 Å². The lowest BCUT2D eigenvalue weighted by Gasteiger charge is -2.24. The summed E-state index contributed by atoms with van der Waals surface area (Å²) in [4.78, 5) is 0. The summed E-state index contributed by atoms with van der Waals surface area (Å²) in [5.74, 6) is 0. The fourth-order valence-corrected chi connectivity index (χ4v) is 2.50. The lowest BCUT2D eigenvalue weighted by atomic mass is 9.90. The number of benzene rings is 2. The minimum Gasteiger partial charge on any atom is -0.385 e. The van der Waals surface area contributed by atoms with Gasteiger partial charge in [0.15, 0.2) is 0 Å². The number of aryl methyl sites for hydroxylation is 1. The zero-order valence-electron chi connectivity index (χ0n) is 11.1. The van der Waals surface area contributed by atoms with Gasteiger partial charge in [0.25, 0.3) is 0 Å². The molecule has 0 amide bonds. The van der Waals surface area contributed by atoms with E-state index < -0.39 is 5.60 Å². The lowest BCUT2D eigenvalue weighted by molar-refractivity contribution is 0.0457. The smallest absolute Gasteiger partial charge is 0.0868 e. The molecule has 0 saturated heterocycles. The van der Waals surface area contributed by atoms with Crippen LogP contribution in [0.4, 0.5) is 0 Å². The van der Waals surface area contributed by atoms with Crippen LogP contribution in [0.3, 0.4) is 0 Å². The van der Waals surface area contributed by atoms with Crippen molar-refractivity contribution < 1.29 is 5.11 Å². The molecule has 0 aliphatic heterocycles.